The maximum absolute atomic E-state index is 12.0. The van der Waals surface area contributed by atoms with Crippen molar-refractivity contribution in [3.8, 4) is 0 Å². The van der Waals surface area contributed by atoms with Crippen LogP contribution in [-0.4, -0.2) is 17.4 Å². The van der Waals surface area contributed by atoms with E-state index in [1.54, 1.807) is 0 Å². The number of carbonyl (C=O) groups excluding carboxylic acids is 1. The van der Waals surface area contributed by atoms with E-state index in [1.165, 1.54) is 38.4 Å². The molecule has 0 aliphatic rings. The molecule has 1 aromatic rings. The van der Waals surface area contributed by atoms with E-state index >= 15 is 0 Å². The molecule has 0 aliphatic carbocycles. The fraction of sp³-hybridized carbons (Fsp3) is 0.765. The summed E-state index contributed by atoms with van der Waals surface area (Å²) in [4.78, 5) is 16.1. The molecule has 0 radical (unpaired) electrons. The average molecular weight is 309 g/mol. The van der Waals surface area contributed by atoms with Gasteiger partial charge in [-0.05, 0) is 12.3 Å². The molecule has 1 heterocycles. The number of amides is 1. The van der Waals surface area contributed by atoms with Gasteiger partial charge in [-0.3, -0.25) is 4.79 Å². The molecule has 126 valence electrons. The number of nitrogens with zero attached hydrogens (tertiary/aromatic N) is 1. The van der Waals surface area contributed by atoms with E-state index in [0.29, 0.717) is 18.1 Å². The van der Waals surface area contributed by atoms with E-state index in [1.807, 2.05) is 13.8 Å². The highest BCUT2D eigenvalue weighted by Crippen LogP contribution is 2.17. The fourth-order valence-corrected chi connectivity index (χ4v) is 2.20. The SMILES string of the molecule is CCCCCCCCCNC(=O)c1coc(C(N)C(C)C)n1. The van der Waals surface area contributed by atoms with Crippen molar-refractivity contribution in [3.05, 3.63) is 17.8 Å². The molecular formula is C17H31N3O2. The van der Waals surface area contributed by atoms with Crippen LogP contribution in [0.4, 0.5) is 0 Å². The lowest BCUT2D eigenvalue weighted by atomic mass is 10.1. The third-order valence-electron chi connectivity index (χ3n) is 3.82. The fourth-order valence-electron chi connectivity index (χ4n) is 2.20. The third kappa shape index (κ3) is 6.60. The summed E-state index contributed by atoms with van der Waals surface area (Å²) in [5, 5.41) is 2.88. The van der Waals surface area contributed by atoms with Gasteiger partial charge >= 0.3 is 0 Å². The van der Waals surface area contributed by atoms with Crippen LogP contribution in [0.25, 0.3) is 0 Å². The van der Waals surface area contributed by atoms with E-state index in [0.717, 1.165) is 12.8 Å². The van der Waals surface area contributed by atoms with Crippen molar-refractivity contribution in [2.75, 3.05) is 6.54 Å². The van der Waals surface area contributed by atoms with E-state index in [9.17, 15) is 4.79 Å². The third-order valence-corrected chi connectivity index (χ3v) is 3.82. The molecule has 3 N–H and O–H groups in total. The van der Waals surface area contributed by atoms with E-state index in [-0.39, 0.29) is 17.9 Å². The first kappa shape index (κ1) is 18.7. The number of nitrogens with one attached hydrogen (secondary N) is 1. The topological polar surface area (TPSA) is 81.2 Å². The number of aromatic nitrogens is 1. The number of hydrogen-bond donors (Lipinski definition) is 2. The molecule has 1 rings (SSSR count). The molecule has 5 nitrogen and oxygen atoms in total. The summed E-state index contributed by atoms with van der Waals surface area (Å²) in [6, 6.07) is -0.273. The highest BCUT2D eigenvalue weighted by Gasteiger charge is 2.19. The van der Waals surface area contributed by atoms with Gasteiger partial charge in [0, 0.05) is 6.54 Å². The van der Waals surface area contributed by atoms with Gasteiger partial charge in [0.15, 0.2) is 5.69 Å². The molecule has 0 bridgehead atoms. The van der Waals surface area contributed by atoms with E-state index < -0.39 is 0 Å². The van der Waals surface area contributed by atoms with Crippen LogP contribution in [0.1, 0.15) is 88.1 Å². The Morgan fingerprint density at radius 3 is 2.50 bits per heavy atom. The lowest BCUT2D eigenvalue weighted by Gasteiger charge is -2.10. The second-order valence-electron chi connectivity index (χ2n) is 6.22. The van der Waals surface area contributed by atoms with Crippen molar-refractivity contribution < 1.29 is 9.21 Å². The van der Waals surface area contributed by atoms with E-state index in [4.69, 9.17) is 10.2 Å². The highest BCUT2D eigenvalue weighted by atomic mass is 16.3. The van der Waals surface area contributed by atoms with Gasteiger partial charge in [-0.15, -0.1) is 0 Å². The average Bonchev–Trinajstić information content (AvgIpc) is 2.98. The van der Waals surface area contributed by atoms with Gasteiger partial charge < -0.3 is 15.5 Å². The predicted molar refractivity (Wildman–Crippen MR) is 88.6 cm³/mol. The smallest absolute Gasteiger partial charge is 0.273 e. The number of oxazole rings is 1. The summed E-state index contributed by atoms with van der Waals surface area (Å²) >= 11 is 0. The molecular weight excluding hydrogens is 278 g/mol. The van der Waals surface area contributed by atoms with Crippen molar-refractivity contribution in [3.63, 3.8) is 0 Å². The zero-order valence-corrected chi connectivity index (χ0v) is 14.2. The lowest BCUT2D eigenvalue weighted by Crippen LogP contribution is -2.25. The Morgan fingerprint density at radius 2 is 1.86 bits per heavy atom. The Labute approximate surface area is 134 Å². The molecule has 0 saturated heterocycles. The second kappa shape index (κ2) is 10.4. The minimum absolute atomic E-state index is 0.183. The summed E-state index contributed by atoms with van der Waals surface area (Å²) in [6.07, 6.45) is 10.0. The standard InChI is InChI=1S/C17H31N3O2/c1-4-5-6-7-8-9-10-11-19-16(21)14-12-22-17(20-14)15(18)13(2)3/h12-13,15H,4-11,18H2,1-3H3,(H,19,21). The highest BCUT2D eigenvalue weighted by molar-refractivity contribution is 5.91. The molecule has 1 unspecified atom stereocenters. The van der Waals surface area contributed by atoms with Crippen molar-refractivity contribution >= 4 is 5.91 Å². The Balaban J connectivity index is 2.20. The molecule has 22 heavy (non-hydrogen) atoms. The Hall–Kier alpha value is -1.36. The van der Waals surface area contributed by atoms with Crippen molar-refractivity contribution in [1.29, 1.82) is 0 Å². The van der Waals surface area contributed by atoms with Gasteiger partial charge in [0.05, 0.1) is 6.04 Å². The first-order valence-corrected chi connectivity index (χ1v) is 8.55. The largest absolute Gasteiger partial charge is 0.446 e. The maximum atomic E-state index is 12.0. The van der Waals surface area contributed by atoms with Crippen LogP contribution in [0.3, 0.4) is 0 Å². The lowest BCUT2D eigenvalue weighted by molar-refractivity contribution is 0.0948. The molecule has 5 heteroatoms. The Kier molecular flexibility index (Phi) is 8.82. The van der Waals surface area contributed by atoms with Gasteiger partial charge in [0.1, 0.15) is 6.26 Å². The number of rotatable bonds is 11. The van der Waals surface area contributed by atoms with Crippen LogP contribution < -0.4 is 11.1 Å². The first-order chi connectivity index (χ1) is 10.6. The van der Waals surface area contributed by atoms with Gasteiger partial charge in [-0.25, -0.2) is 4.98 Å². The van der Waals surface area contributed by atoms with Crippen LogP contribution >= 0.6 is 0 Å². The molecule has 1 atom stereocenters. The van der Waals surface area contributed by atoms with Gasteiger partial charge in [0.2, 0.25) is 5.89 Å². The van der Waals surface area contributed by atoms with E-state index in [2.05, 4.69) is 17.2 Å². The summed E-state index contributed by atoms with van der Waals surface area (Å²) in [5.74, 6) is 0.468. The number of nitrogens with two attached hydrogens (primary N) is 1. The summed E-state index contributed by atoms with van der Waals surface area (Å²) < 4.78 is 5.29. The number of carbonyl (C=O) groups is 1. The Bertz CT molecular complexity index is 429. The van der Waals surface area contributed by atoms with Crippen LogP contribution in [0, 0.1) is 5.92 Å². The molecule has 0 aromatic carbocycles. The minimum atomic E-state index is -0.273. The minimum Gasteiger partial charge on any atom is -0.446 e. The van der Waals surface area contributed by atoms with Crippen molar-refractivity contribution in [1.82, 2.24) is 10.3 Å². The normalized spacial score (nSPS) is 12.6. The predicted octanol–water partition coefficient (Wildman–Crippen LogP) is 3.81. The molecule has 0 saturated carbocycles. The zero-order chi connectivity index (χ0) is 16.4. The molecule has 0 spiro atoms. The second-order valence-corrected chi connectivity index (χ2v) is 6.22. The molecule has 1 amide bonds. The van der Waals surface area contributed by atoms with Crippen molar-refractivity contribution in [2.24, 2.45) is 11.7 Å². The van der Waals surface area contributed by atoms with Crippen molar-refractivity contribution in [2.45, 2.75) is 71.8 Å². The quantitative estimate of drug-likeness (QED) is 0.609. The van der Waals surface area contributed by atoms with Gasteiger partial charge in [-0.1, -0.05) is 59.3 Å². The van der Waals surface area contributed by atoms with Crippen LogP contribution in [-0.2, 0) is 0 Å². The van der Waals surface area contributed by atoms with Crippen LogP contribution in [0.2, 0.25) is 0 Å². The first-order valence-electron chi connectivity index (χ1n) is 8.55. The van der Waals surface area contributed by atoms with Crippen LogP contribution in [0.5, 0.6) is 0 Å². The van der Waals surface area contributed by atoms with Gasteiger partial charge in [0.25, 0.3) is 5.91 Å². The molecule has 0 fully saturated rings. The molecule has 0 aliphatic heterocycles. The Morgan fingerprint density at radius 1 is 1.23 bits per heavy atom. The number of hydrogen-bond acceptors (Lipinski definition) is 4. The maximum Gasteiger partial charge on any atom is 0.273 e. The monoisotopic (exact) mass is 309 g/mol. The summed E-state index contributed by atoms with van der Waals surface area (Å²) in [5.41, 5.74) is 6.27. The van der Waals surface area contributed by atoms with Gasteiger partial charge in [-0.2, -0.15) is 0 Å². The molecule has 1 aromatic heterocycles. The zero-order valence-electron chi connectivity index (χ0n) is 14.2. The van der Waals surface area contributed by atoms with Crippen LogP contribution in [0.15, 0.2) is 10.7 Å². The summed E-state index contributed by atoms with van der Waals surface area (Å²) in [6.45, 7) is 6.90. The summed E-state index contributed by atoms with van der Waals surface area (Å²) in [7, 11) is 0. The number of unbranched alkanes of at least 4 members (excludes halogenated alkanes) is 6.